The summed E-state index contributed by atoms with van der Waals surface area (Å²) >= 11 is 0. The molecule has 12 nitrogen and oxygen atoms in total. The molecule has 0 aromatic carbocycles. The molecule has 0 radical (unpaired) electrons. The molecule has 2 aromatic heterocycles. The fourth-order valence-electron chi connectivity index (χ4n) is 3.34. The minimum Gasteiger partial charge on any atom is -0.358 e. The average molecular weight is 425 g/mol. The van der Waals surface area contributed by atoms with Crippen molar-refractivity contribution in [2.24, 2.45) is 7.05 Å². The van der Waals surface area contributed by atoms with Crippen LogP contribution in [0, 0.1) is 24.0 Å². The molecule has 13 heteroatoms. The number of hydrogen-bond donors (Lipinski definition) is 0. The molecule has 3 rings (SSSR count). The first-order valence-electron chi connectivity index (χ1n) is 9.02. The van der Waals surface area contributed by atoms with Gasteiger partial charge in [-0.15, -0.1) is 0 Å². The summed E-state index contributed by atoms with van der Waals surface area (Å²) in [6.45, 7) is 5.72. The highest BCUT2D eigenvalue weighted by atomic mass is 32.2. The second-order valence-electron chi connectivity index (χ2n) is 6.97. The highest BCUT2D eigenvalue weighted by molar-refractivity contribution is 7.89. The molecule has 0 aliphatic carbocycles. The lowest BCUT2D eigenvalue weighted by Gasteiger charge is -2.34. The third-order valence-electron chi connectivity index (χ3n) is 5.18. The lowest BCUT2D eigenvalue weighted by Crippen LogP contribution is -2.51. The van der Waals surface area contributed by atoms with Crippen LogP contribution in [0.4, 0.5) is 5.82 Å². The first-order chi connectivity index (χ1) is 13.5. The maximum Gasteiger partial charge on any atom is 0.390 e. The van der Waals surface area contributed by atoms with Crippen molar-refractivity contribution in [1.29, 1.82) is 0 Å². The zero-order valence-electron chi connectivity index (χ0n) is 16.6. The van der Waals surface area contributed by atoms with Gasteiger partial charge in [0.2, 0.25) is 15.9 Å². The van der Waals surface area contributed by atoms with Crippen LogP contribution in [-0.4, -0.2) is 74.2 Å². The Morgan fingerprint density at radius 2 is 1.86 bits per heavy atom. The Labute approximate surface area is 167 Å². The topological polar surface area (TPSA) is 136 Å². The molecule has 1 unspecified atom stereocenters. The summed E-state index contributed by atoms with van der Waals surface area (Å²) < 4.78 is 29.9. The van der Waals surface area contributed by atoms with E-state index in [9.17, 15) is 23.3 Å². The van der Waals surface area contributed by atoms with Gasteiger partial charge >= 0.3 is 5.82 Å². The predicted molar refractivity (Wildman–Crippen MR) is 102 cm³/mol. The van der Waals surface area contributed by atoms with E-state index in [0.29, 0.717) is 11.4 Å². The van der Waals surface area contributed by atoms with E-state index in [4.69, 9.17) is 0 Å². The molecular formula is C16H23N7O5S. The lowest BCUT2D eigenvalue weighted by atomic mass is 10.2. The van der Waals surface area contributed by atoms with Crippen molar-refractivity contribution in [1.82, 2.24) is 28.8 Å². The van der Waals surface area contributed by atoms with Crippen molar-refractivity contribution in [3.63, 3.8) is 0 Å². The second-order valence-corrected chi connectivity index (χ2v) is 8.88. The van der Waals surface area contributed by atoms with E-state index in [1.54, 1.807) is 32.7 Å². The highest BCUT2D eigenvalue weighted by Gasteiger charge is 2.35. The van der Waals surface area contributed by atoms with E-state index < -0.39 is 21.0 Å². The van der Waals surface area contributed by atoms with Crippen molar-refractivity contribution in [2.75, 3.05) is 26.2 Å². The Kier molecular flexibility index (Phi) is 5.45. The molecule has 0 spiro atoms. The fourth-order valence-corrected chi connectivity index (χ4v) is 4.95. The van der Waals surface area contributed by atoms with Gasteiger partial charge in [0.15, 0.2) is 0 Å². The van der Waals surface area contributed by atoms with E-state index in [1.807, 2.05) is 0 Å². The van der Waals surface area contributed by atoms with Gasteiger partial charge in [0.25, 0.3) is 0 Å². The van der Waals surface area contributed by atoms with Gasteiger partial charge < -0.3 is 15.0 Å². The van der Waals surface area contributed by atoms with Crippen LogP contribution >= 0.6 is 0 Å². The number of sulfonamides is 1. The lowest BCUT2D eigenvalue weighted by molar-refractivity contribution is -0.389. The quantitative estimate of drug-likeness (QED) is 0.494. The number of aryl methyl sites for hydroxylation is 2. The van der Waals surface area contributed by atoms with Crippen molar-refractivity contribution >= 4 is 21.7 Å². The first kappa shape index (κ1) is 20.9. The fraction of sp³-hybridized carbons (Fsp3) is 0.562. The summed E-state index contributed by atoms with van der Waals surface area (Å²) in [5, 5.41) is 18.8. The summed E-state index contributed by atoms with van der Waals surface area (Å²) in [7, 11) is -2.01. The summed E-state index contributed by atoms with van der Waals surface area (Å²) in [4.78, 5) is 24.8. The van der Waals surface area contributed by atoms with Crippen LogP contribution in [0.15, 0.2) is 17.2 Å². The third kappa shape index (κ3) is 3.74. The van der Waals surface area contributed by atoms with E-state index in [2.05, 4.69) is 10.2 Å². The van der Waals surface area contributed by atoms with E-state index in [1.165, 1.54) is 25.9 Å². The summed E-state index contributed by atoms with van der Waals surface area (Å²) in [6.07, 6.45) is 1.33. The molecule has 1 saturated heterocycles. The number of carbonyl (C=O) groups excluding carboxylic acids is 1. The van der Waals surface area contributed by atoms with Crippen LogP contribution in [0.5, 0.6) is 0 Å². The minimum atomic E-state index is -3.69. The maximum atomic E-state index is 12.9. The van der Waals surface area contributed by atoms with E-state index in [-0.39, 0.29) is 42.8 Å². The van der Waals surface area contributed by atoms with Crippen molar-refractivity contribution in [2.45, 2.75) is 31.7 Å². The Morgan fingerprint density at radius 3 is 2.34 bits per heavy atom. The number of aromatic nitrogens is 4. The zero-order chi connectivity index (χ0) is 21.5. The van der Waals surface area contributed by atoms with Crippen LogP contribution in [0.1, 0.15) is 24.4 Å². The van der Waals surface area contributed by atoms with Crippen molar-refractivity contribution in [3.8, 4) is 0 Å². The average Bonchev–Trinajstić information content (AvgIpc) is 3.24. The molecule has 0 bridgehead atoms. The molecule has 158 valence electrons. The number of piperazine rings is 1. The zero-order valence-corrected chi connectivity index (χ0v) is 17.5. The molecule has 2 aromatic rings. The van der Waals surface area contributed by atoms with Crippen molar-refractivity contribution in [3.05, 3.63) is 33.8 Å². The van der Waals surface area contributed by atoms with Crippen LogP contribution in [0.2, 0.25) is 0 Å². The summed E-state index contributed by atoms with van der Waals surface area (Å²) in [5.41, 5.74) is 1.05. The maximum absolute atomic E-state index is 12.9. The van der Waals surface area contributed by atoms with E-state index >= 15 is 0 Å². The molecule has 1 aliphatic heterocycles. The molecule has 0 saturated carbocycles. The number of rotatable bonds is 5. The first-order valence-corrected chi connectivity index (χ1v) is 10.5. The van der Waals surface area contributed by atoms with Crippen molar-refractivity contribution < 1.29 is 18.1 Å². The molecule has 3 heterocycles. The highest BCUT2D eigenvalue weighted by Crippen LogP contribution is 2.22. The van der Waals surface area contributed by atoms with Gasteiger partial charge in [0.05, 0.1) is 28.7 Å². The van der Waals surface area contributed by atoms with Crippen LogP contribution < -0.4 is 0 Å². The molecular weight excluding hydrogens is 402 g/mol. The molecule has 1 fully saturated rings. The van der Waals surface area contributed by atoms with Crippen LogP contribution in [-0.2, 0) is 21.9 Å². The van der Waals surface area contributed by atoms with Gasteiger partial charge in [-0.2, -0.15) is 14.1 Å². The number of nitrogens with zero attached hydrogens (tertiary/aromatic N) is 7. The number of amides is 1. The number of hydrogen-bond acceptors (Lipinski definition) is 7. The third-order valence-corrected chi connectivity index (χ3v) is 7.18. The predicted octanol–water partition coefficient (Wildman–Crippen LogP) is 0.236. The largest absolute Gasteiger partial charge is 0.390 e. The SMILES string of the molecule is Cc1c(S(=O)(=O)N2CCN(C(=O)C(C)n3nc([N+](=O)[O-])cc3C)CC2)cnn1C. The van der Waals surface area contributed by atoms with Gasteiger partial charge in [-0.25, -0.2) is 8.42 Å². The monoisotopic (exact) mass is 425 g/mol. The smallest absolute Gasteiger partial charge is 0.358 e. The Balaban J connectivity index is 1.69. The van der Waals surface area contributed by atoms with Crippen LogP contribution in [0.3, 0.4) is 0 Å². The van der Waals surface area contributed by atoms with Crippen LogP contribution in [0.25, 0.3) is 0 Å². The molecule has 1 aliphatic rings. The van der Waals surface area contributed by atoms with E-state index in [0.717, 1.165) is 0 Å². The normalized spacial score (nSPS) is 16.8. The minimum absolute atomic E-state index is 0.160. The van der Waals surface area contributed by atoms with Gasteiger partial charge in [-0.05, 0) is 25.7 Å². The molecule has 0 N–H and O–H groups in total. The molecule has 29 heavy (non-hydrogen) atoms. The van der Waals surface area contributed by atoms with Gasteiger partial charge in [-0.1, -0.05) is 0 Å². The number of nitro groups is 1. The Hall–Kier alpha value is -2.80. The number of carbonyl (C=O) groups is 1. The Morgan fingerprint density at radius 1 is 1.24 bits per heavy atom. The summed E-state index contributed by atoms with van der Waals surface area (Å²) in [6, 6.07) is 0.581. The summed E-state index contributed by atoms with van der Waals surface area (Å²) in [5.74, 6) is -0.578. The van der Waals surface area contributed by atoms with Gasteiger partial charge in [0.1, 0.15) is 10.9 Å². The molecule has 1 amide bonds. The van der Waals surface area contributed by atoms with Gasteiger partial charge in [-0.3, -0.25) is 9.48 Å². The Bertz CT molecular complexity index is 1050. The standard InChI is InChI=1S/C16H23N7O5S/c1-11-9-15(23(25)26)18-22(11)13(3)16(24)20-5-7-21(8-6-20)29(27,28)14-10-17-19(4)12(14)2/h9-10,13H,5-8H2,1-4H3. The molecule has 1 atom stereocenters. The second kappa shape index (κ2) is 7.55. The van der Waals surface area contributed by atoms with Gasteiger partial charge in [0, 0.05) is 33.2 Å².